The summed E-state index contributed by atoms with van der Waals surface area (Å²) in [6.45, 7) is 8.55. The van der Waals surface area contributed by atoms with Crippen molar-refractivity contribution in [2.75, 3.05) is 11.9 Å². The van der Waals surface area contributed by atoms with E-state index in [2.05, 4.69) is 35.6 Å². The summed E-state index contributed by atoms with van der Waals surface area (Å²) in [5.74, 6) is 1.70. The van der Waals surface area contributed by atoms with Gasteiger partial charge in [0.2, 0.25) is 5.95 Å². The summed E-state index contributed by atoms with van der Waals surface area (Å²) in [6.07, 6.45) is 5.04. The molecule has 1 heterocycles. The minimum Gasteiger partial charge on any atom is -0.355 e. The Bertz CT molecular complexity index is 242. The second kappa shape index (κ2) is 4.90. The molecular formula is C10H19N3. The standard InChI is InChI=1S/C10H19N3/c1-4-9(3)8-12-10-11-6-7-13(10)5-2/h6-7,9H,4-5,8H2,1-3H3,(H,11,12). The maximum Gasteiger partial charge on any atom is 0.202 e. The number of rotatable bonds is 5. The Morgan fingerprint density at radius 1 is 1.54 bits per heavy atom. The number of nitrogens with zero attached hydrogens (tertiary/aromatic N) is 2. The Morgan fingerprint density at radius 3 is 2.92 bits per heavy atom. The van der Waals surface area contributed by atoms with Crippen molar-refractivity contribution in [3.63, 3.8) is 0 Å². The predicted octanol–water partition coefficient (Wildman–Crippen LogP) is 2.36. The van der Waals surface area contributed by atoms with E-state index in [1.54, 1.807) is 0 Å². The second-order valence-corrected chi connectivity index (χ2v) is 3.43. The van der Waals surface area contributed by atoms with Crippen LogP contribution >= 0.6 is 0 Å². The first-order valence-electron chi connectivity index (χ1n) is 5.02. The summed E-state index contributed by atoms with van der Waals surface area (Å²) in [5, 5.41) is 3.35. The molecule has 1 aromatic rings. The fourth-order valence-electron chi connectivity index (χ4n) is 1.14. The van der Waals surface area contributed by atoms with Gasteiger partial charge in [0.1, 0.15) is 0 Å². The van der Waals surface area contributed by atoms with Crippen LogP contribution in [0.25, 0.3) is 0 Å². The summed E-state index contributed by atoms with van der Waals surface area (Å²) >= 11 is 0. The van der Waals surface area contributed by atoms with Gasteiger partial charge < -0.3 is 9.88 Å². The number of aryl methyl sites for hydroxylation is 1. The smallest absolute Gasteiger partial charge is 0.202 e. The van der Waals surface area contributed by atoms with Crippen molar-refractivity contribution in [3.05, 3.63) is 12.4 Å². The van der Waals surface area contributed by atoms with Crippen LogP contribution in [0.1, 0.15) is 27.2 Å². The molecule has 0 amide bonds. The maximum atomic E-state index is 4.25. The Hall–Kier alpha value is -0.990. The van der Waals surface area contributed by atoms with E-state index in [9.17, 15) is 0 Å². The number of anilines is 1. The fraction of sp³-hybridized carbons (Fsp3) is 0.700. The Labute approximate surface area is 80.2 Å². The molecule has 0 radical (unpaired) electrons. The average Bonchev–Trinajstić information content (AvgIpc) is 2.61. The molecule has 1 N–H and O–H groups in total. The van der Waals surface area contributed by atoms with Gasteiger partial charge in [0.05, 0.1) is 0 Å². The molecule has 1 atom stereocenters. The predicted molar refractivity (Wildman–Crippen MR) is 55.8 cm³/mol. The van der Waals surface area contributed by atoms with Crippen molar-refractivity contribution in [2.45, 2.75) is 33.7 Å². The molecule has 3 heteroatoms. The van der Waals surface area contributed by atoms with Gasteiger partial charge >= 0.3 is 0 Å². The molecule has 0 aliphatic rings. The molecule has 74 valence electrons. The van der Waals surface area contributed by atoms with Gasteiger partial charge in [-0.15, -0.1) is 0 Å². The van der Waals surface area contributed by atoms with Crippen LogP contribution in [0.4, 0.5) is 5.95 Å². The third-order valence-corrected chi connectivity index (χ3v) is 2.36. The third kappa shape index (κ3) is 2.76. The van der Waals surface area contributed by atoms with Crippen molar-refractivity contribution in [2.24, 2.45) is 5.92 Å². The third-order valence-electron chi connectivity index (χ3n) is 2.36. The second-order valence-electron chi connectivity index (χ2n) is 3.43. The van der Waals surface area contributed by atoms with Crippen molar-refractivity contribution in [3.8, 4) is 0 Å². The summed E-state index contributed by atoms with van der Waals surface area (Å²) in [5.41, 5.74) is 0. The highest BCUT2D eigenvalue weighted by Crippen LogP contribution is 2.06. The lowest BCUT2D eigenvalue weighted by atomic mass is 10.1. The molecule has 0 saturated heterocycles. The first-order chi connectivity index (χ1) is 6.27. The summed E-state index contributed by atoms with van der Waals surface area (Å²) < 4.78 is 2.11. The van der Waals surface area contributed by atoms with E-state index in [4.69, 9.17) is 0 Å². The topological polar surface area (TPSA) is 29.9 Å². The lowest BCUT2D eigenvalue weighted by molar-refractivity contribution is 0.588. The van der Waals surface area contributed by atoms with Gasteiger partial charge in [0.25, 0.3) is 0 Å². The van der Waals surface area contributed by atoms with Gasteiger partial charge in [0, 0.05) is 25.5 Å². The highest BCUT2D eigenvalue weighted by molar-refractivity contribution is 5.25. The molecule has 13 heavy (non-hydrogen) atoms. The largest absolute Gasteiger partial charge is 0.355 e. The zero-order valence-corrected chi connectivity index (χ0v) is 8.75. The van der Waals surface area contributed by atoms with E-state index in [-0.39, 0.29) is 0 Å². The van der Waals surface area contributed by atoms with Crippen LogP contribution < -0.4 is 5.32 Å². The van der Waals surface area contributed by atoms with Gasteiger partial charge in [-0.05, 0) is 12.8 Å². The van der Waals surface area contributed by atoms with Gasteiger partial charge in [-0.25, -0.2) is 4.98 Å². The summed E-state index contributed by atoms with van der Waals surface area (Å²) in [6, 6.07) is 0. The van der Waals surface area contributed by atoms with E-state index in [0.29, 0.717) is 5.92 Å². The zero-order chi connectivity index (χ0) is 9.68. The van der Waals surface area contributed by atoms with Crippen LogP contribution in [0.3, 0.4) is 0 Å². The molecule has 1 aromatic heterocycles. The van der Waals surface area contributed by atoms with E-state index in [0.717, 1.165) is 19.0 Å². The van der Waals surface area contributed by atoms with E-state index in [1.165, 1.54) is 6.42 Å². The SMILES string of the molecule is CCC(C)CNc1nccn1CC. The molecule has 0 aromatic carbocycles. The molecule has 0 aliphatic carbocycles. The summed E-state index contributed by atoms with van der Waals surface area (Å²) in [4.78, 5) is 4.25. The summed E-state index contributed by atoms with van der Waals surface area (Å²) in [7, 11) is 0. The maximum absolute atomic E-state index is 4.25. The van der Waals surface area contributed by atoms with Crippen molar-refractivity contribution < 1.29 is 0 Å². The van der Waals surface area contributed by atoms with Gasteiger partial charge in [-0.2, -0.15) is 0 Å². The van der Waals surface area contributed by atoms with Crippen LogP contribution in [0.5, 0.6) is 0 Å². The highest BCUT2D eigenvalue weighted by atomic mass is 15.2. The van der Waals surface area contributed by atoms with Gasteiger partial charge in [0.15, 0.2) is 0 Å². The van der Waals surface area contributed by atoms with Crippen molar-refractivity contribution in [1.82, 2.24) is 9.55 Å². The van der Waals surface area contributed by atoms with Crippen molar-refractivity contribution in [1.29, 1.82) is 0 Å². The van der Waals surface area contributed by atoms with Crippen molar-refractivity contribution >= 4 is 5.95 Å². The molecule has 3 nitrogen and oxygen atoms in total. The van der Waals surface area contributed by atoms with Crippen LogP contribution in [-0.4, -0.2) is 16.1 Å². The molecule has 0 spiro atoms. The molecule has 1 rings (SSSR count). The Morgan fingerprint density at radius 2 is 2.31 bits per heavy atom. The highest BCUT2D eigenvalue weighted by Gasteiger charge is 2.02. The molecule has 0 aliphatic heterocycles. The minimum atomic E-state index is 0.710. The number of nitrogens with one attached hydrogen (secondary N) is 1. The van der Waals surface area contributed by atoms with E-state index in [1.807, 2.05) is 12.4 Å². The van der Waals surface area contributed by atoms with Crippen LogP contribution in [0.15, 0.2) is 12.4 Å². The average molecular weight is 181 g/mol. The number of aromatic nitrogens is 2. The van der Waals surface area contributed by atoms with Crippen LogP contribution in [0, 0.1) is 5.92 Å². The lowest BCUT2D eigenvalue weighted by Crippen LogP contribution is -2.13. The number of hydrogen-bond acceptors (Lipinski definition) is 2. The van der Waals surface area contributed by atoms with E-state index >= 15 is 0 Å². The Balaban J connectivity index is 2.44. The van der Waals surface area contributed by atoms with Crippen LogP contribution in [0.2, 0.25) is 0 Å². The molecule has 0 fully saturated rings. The molecule has 0 bridgehead atoms. The Kier molecular flexibility index (Phi) is 3.80. The van der Waals surface area contributed by atoms with Crippen LogP contribution in [-0.2, 0) is 6.54 Å². The monoisotopic (exact) mass is 181 g/mol. The van der Waals surface area contributed by atoms with Gasteiger partial charge in [-0.1, -0.05) is 20.3 Å². The fourth-order valence-corrected chi connectivity index (χ4v) is 1.14. The minimum absolute atomic E-state index is 0.710. The first-order valence-corrected chi connectivity index (χ1v) is 5.02. The molecule has 0 saturated carbocycles. The normalized spacial score (nSPS) is 12.8. The van der Waals surface area contributed by atoms with E-state index < -0.39 is 0 Å². The number of imidazole rings is 1. The quantitative estimate of drug-likeness (QED) is 0.755. The number of hydrogen-bond donors (Lipinski definition) is 1. The zero-order valence-electron chi connectivity index (χ0n) is 8.75. The molecule has 1 unspecified atom stereocenters. The van der Waals surface area contributed by atoms with Gasteiger partial charge in [-0.3, -0.25) is 0 Å². The molecular weight excluding hydrogens is 162 g/mol. The first kappa shape index (κ1) is 10.1. The lowest BCUT2D eigenvalue weighted by Gasteiger charge is -2.11.